The van der Waals surface area contributed by atoms with Crippen molar-refractivity contribution in [3.05, 3.63) is 57.5 Å². The molecule has 1 atom stereocenters. The molecule has 2 aromatic rings. The third kappa shape index (κ3) is 4.14. The van der Waals surface area contributed by atoms with Crippen molar-refractivity contribution in [1.29, 1.82) is 0 Å². The number of carbonyl (C=O) groups is 2. The van der Waals surface area contributed by atoms with E-state index in [1.165, 1.54) is 17.4 Å². The van der Waals surface area contributed by atoms with Crippen LogP contribution in [0, 0.1) is 12.7 Å². The molecule has 1 aromatic carbocycles. The van der Waals surface area contributed by atoms with Crippen molar-refractivity contribution in [3.63, 3.8) is 0 Å². The van der Waals surface area contributed by atoms with Gasteiger partial charge in [0.15, 0.2) is 0 Å². The number of carbonyl (C=O) groups excluding carboxylic acids is 2. The SMILES string of the molecule is Cc1cc(CNC(=O)C(C)NC(=O)c2cccs2)ccc1F. The Morgan fingerprint density at radius 1 is 1.32 bits per heavy atom. The van der Waals surface area contributed by atoms with E-state index in [0.717, 1.165) is 5.56 Å². The maximum Gasteiger partial charge on any atom is 0.261 e. The quantitative estimate of drug-likeness (QED) is 0.890. The molecule has 22 heavy (non-hydrogen) atoms. The Bertz CT molecular complexity index is 671. The van der Waals surface area contributed by atoms with Crippen LogP contribution in [0.25, 0.3) is 0 Å². The molecule has 0 saturated carbocycles. The van der Waals surface area contributed by atoms with Crippen LogP contribution in [0.15, 0.2) is 35.7 Å². The summed E-state index contributed by atoms with van der Waals surface area (Å²) in [7, 11) is 0. The van der Waals surface area contributed by atoms with Crippen molar-refractivity contribution >= 4 is 23.2 Å². The van der Waals surface area contributed by atoms with Crippen LogP contribution in [0.2, 0.25) is 0 Å². The van der Waals surface area contributed by atoms with Crippen molar-refractivity contribution in [3.8, 4) is 0 Å². The summed E-state index contributed by atoms with van der Waals surface area (Å²) in [5.74, 6) is -0.825. The van der Waals surface area contributed by atoms with Gasteiger partial charge in [-0.05, 0) is 42.5 Å². The van der Waals surface area contributed by atoms with Crippen LogP contribution < -0.4 is 10.6 Å². The normalized spacial score (nSPS) is 11.8. The molecule has 2 amide bonds. The zero-order valence-corrected chi connectivity index (χ0v) is 13.2. The highest BCUT2D eigenvalue weighted by atomic mass is 32.1. The van der Waals surface area contributed by atoms with Crippen LogP contribution in [0.5, 0.6) is 0 Å². The summed E-state index contributed by atoms with van der Waals surface area (Å²) in [6.07, 6.45) is 0. The van der Waals surface area contributed by atoms with E-state index in [9.17, 15) is 14.0 Å². The molecule has 0 aliphatic heterocycles. The molecular formula is C16H17FN2O2S. The van der Waals surface area contributed by atoms with E-state index in [2.05, 4.69) is 10.6 Å². The highest BCUT2D eigenvalue weighted by Crippen LogP contribution is 2.09. The van der Waals surface area contributed by atoms with E-state index in [-0.39, 0.29) is 17.6 Å². The summed E-state index contributed by atoms with van der Waals surface area (Å²) < 4.78 is 13.2. The number of aryl methyl sites for hydroxylation is 1. The first kappa shape index (κ1) is 16.2. The zero-order valence-electron chi connectivity index (χ0n) is 12.4. The molecule has 2 rings (SSSR count). The first-order chi connectivity index (χ1) is 10.5. The number of rotatable bonds is 5. The minimum atomic E-state index is -0.642. The van der Waals surface area contributed by atoms with Crippen LogP contribution in [-0.2, 0) is 11.3 Å². The fourth-order valence-electron chi connectivity index (χ4n) is 1.90. The molecule has 4 nitrogen and oxygen atoms in total. The van der Waals surface area contributed by atoms with Crippen molar-refractivity contribution in [2.45, 2.75) is 26.4 Å². The van der Waals surface area contributed by atoms with Gasteiger partial charge in [-0.1, -0.05) is 18.2 Å². The molecule has 1 aromatic heterocycles. The van der Waals surface area contributed by atoms with Gasteiger partial charge >= 0.3 is 0 Å². The highest BCUT2D eigenvalue weighted by Gasteiger charge is 2.16. The maximum atomic E-state index is 13.2. The summed E-state index contributed by atoms with van der Waals surface area (Å²) >= 11 is 1.32. The predicted octanol–water partition coefficient (Wildman–Crippen LogP) is 2.63. The third-order valence-corrected chi connectivity index (χ3v) is 4.04. The third-order valence-electron chi connectivity index (χ3n) is 3.17. The molecule has 1 heterocycles. The zero-order chi connectivity index (χ0) is 16.1. The maximum absolute atomic E-state index is 13.2. The average Bonchev–Trinajstić information content (AvgIpc) is 3.02. The minimum absolute atomic E-state index is 0.268. The number of benzene rings is 1. The summed E-state index contributed by atoms with van der Waals surface area (Å²) in [5, 5.41) is 7.16. The molecule has 116 valence electrons. The van der Waals surface area contributed by atoms with Gasteiger partial charge in [-0.15, -0.1) is 11.3 Å². The largest absolute Gasteiger partial charge is 0.350 e. The number of amides is 2. The van der Waals surface area contributed by atoms with E-state index in [1.54, 1.807) is 43.5 Å². The van der Waals surface area contributed by atoms with E-state index in [1.807, 2.05) is 0 Å². The molecule has 0 aliphatic rings. The van der Waals surface area contributed by atoms with Crippen LogP contribution in [0.1, 0.15) is 27.7 Å². The monoisotopic (exact) mass is 320 g/mol. The van der Waals surface area contributed by atoms with E-state index < -0.39 is 6.04 Å². The lowest BCUT2D eigenvalue weighted by Crippen LogP contribution is -2.44. The summed E-state index contributed by atoms with van der Waals surface area (Å²) in [4.78, 5) is 24.4. The molecule has 2 N–H and O–H groups in total. The van der Waals surface area contributed by atoms with Crippen LogP contribution in [0.3, 0.4) is 0 Å². The first-order valence-corrected chi connectivity index (χ1v) is 7.72. The number of nitrogens with one attached hydrogen (secondary N) is 2. The number of halogens is 1. The average molecular weight is 320 g/mol. The number of hydrogen-bond acceptors (Lipinski definition) is 3. The second kappa shape index (κ2) is 7.17. The molecule has 1 unspecified atom stereocenters. The molecule has 0 aliphatic carbocycles. The Morgan fingerprint density at radius 3 is 2.73 bits per heavy atom. The number of thiophene rings is 1. The number of hydrogen-bond donors (Lipinski definition) is 2. The van der Waals surface area contributed by atoms with Crippen molar-refractivity contribution < 1.29 is 14.0 Å². The van der Waals surface area contributed by atoms with Crippen LogP contribution in [0.4, 0.5) is 4.39 Å². The van der Waals surface area contributed by atoms with Crippen LogP contribution >= 0.6 is 11.3 Å². The predicted molar refractivity (Wildman–Crippen MR) is 84.2 cm³/mol. The van der Waals surface area contributed by atoms with Gasteiger partial charge in [0, 0.05) is 6.54 Å². The molecule has 0 saturated heterocycles. The fraction of sp³-hybridized carbons (Fsp3) is 0.250. The Balaban J connectivity index is 1.86. The van der Waals surface area contributed by atoms with Crippen molar-refractivity contribution in [1.82, 2.24) is 10.6 Å². The van der Waals surface area contributed by atoms with Crippen LogP contribution in [-0.4, -0.2) is 17.9 Å². The molecule has 0 radical (unpaired) electrons. The van der Waals surface area contributed by atoms with E-state index >= 15 is 0 Å². The summed E-state index contributed by atoms with van der Waals surface area (Å²) in [5.41, 5.74) is 1.34. The van der Waals surface area contributed by atoms with Gasteiger partial charge < -0.3 is 10.6 Å². The highest BCUT2D eigenvalue weighted by molar-refractivity contribution is 7.12. The Kier molecular flexibility index (Phi) is 5.27. The fourth-order valence-corrected chi connectivity index (χ4v) is 2.53. The van der Waals surface area contributed by atoms with Gasteiger partial charge in [0.1, 0.15) is 11.9 Å². The van der Waals surface area contributed by atoms with Crippen molar-refractivity contribution in [2.75, 3.05) is 0 Å². The summed E-state index contributed by atoms with van der Waals surface area (Å²) in [6.45, 7) is 3.58. The second-order valence-electron chi connectivity index (χ2n) is 4.97. The lowest BCUT2D eigenvalue weighted by Gasteiger charge is -2.14. The Hall–Kier alpha value is -2.21. The van der Waals surface area contributed by atoms with E-state index in [0.29, 0.717) is 17.0 Å². The molecule has 0 bridgehead atoms. The van der Waals surface area contributed by atoms with E-state index in [4.69, 9.17) is 0 Å². The molecule has 0 fully saturated rings. The van der Waals surface area contributed by atoms with Gasteiger partial charge in [-0.25, -0.2) is 4.39 Å². The topological polar surface area (TPSA) is 58.2 Å². The second-order valence-corrected chi connectivity index (χ2v) is 5.92. The van der Waals surface area contributed by atoms with Gasteiger partial charge in [0.25, 0.3) is 5.91 Å². The smallest absolute Gasteiger partial charge is 0.261 e. The van der Waals surface area contributed by atoms with Gasteiger partial charge in [0.05, 0.1) is 4.88 Å². The van der Waals surface area contributed by atoms with Gasteiger partial charge in [0.2, 0.25) is 5.91 Å². The first-order valence-electron chi connectivity index (χ1n) is 6.84. The minimum Gasteiger partial charge on any atom is -0.350 e. The van der Waals surface area contributed by atoms with Gasteiger partial charge in [-0.3, -0.25) is 9.59 Å². The molecule has 0 spiro atoms. The Labute approximate surface area is 132 Å². The Morgan fingerprint density at radius 2 is 2.09 bits per heavy atom. The molecular weight excluding hydrogens is 303 g/mol. The lowest BCUT2D eigenvalue weighted by atomic mass is 10.1. The van der Waals surface area contributed by atoms with Gasteiger partial charge in [-0.2, -0.15) is 0 Å². The van der Waals surface area contributed by atoms with Crippen molar-refractivity contribution in [2.24, 2.45) is 0 Å². The standard InChI is InChI=1S/C16H17FN2O2S/c1-10-8-12(5-6-13(10)17)9-18-15(20)11(2)19-16(21)14-4-3-7-22-14/h3-8,11H,9H2,1-2H3,(H,18,20)(H,19,21). The lowest BCUT2D eigenvalue weighted by molar-refractivity contribution is -0.122. The molecule has 6 heteroatoms. The summed E-state index contributed by atoms with van der Waals surface area (Å²) in [6, 6.07) is 7.52.